The van der Waals surface area contributed by atoms with Crippen LogP contribution in [0.2, 0.25) is 5.02 Å². The van der Waals surface area contributed by atoms with E-state index in [0.29, 0.717) is 12.4 Å². The molecule has 0 saturated carbocycles. The predicted octanol–water partition coefficient (Wildman–Crippen LogP) is 3.32. The van der Waals surface area contributed by atoms with Crippen LogP contribution in [-0.2, 0) is 6.54 Å². The Labute approximate surface area is 103 Å². The largest absolute Gasteiger partial charge is 0.266 e. The highest BCUT2D eigenvalue weighted by Gasteiger charge is 1.98. The van der Waals surface area contributed by atoms with E-state index in [1.807, 2.05) is 30.5 Å². The monoisotopic (exact) mass is 249 g/mol. The Balaban J connectivity index is 2.14. The lowest BCUT2D eigenvalue weighted by Crippen LogP contribution is -1.99. The number of halogens is 1. The summed E-state index contributed by atoms with van der Waals surface area (Å²) >= 11 is 10.3. The lowest BCUT2D eigenvalue weighted by molar-refractivity contribution is 0.688. The van der Waals surface area contributed by atoms with Crippen molar-refractivity contribution >= 4 is 34.8 Å². The van der Waals surface area contributed by atoms with Crippen molar-refractivity contribution in [3.63, 3.8) is 0 Å². The molecule has 0 radical (unpaired) electrons. The fourth-order valence-corrected chi connectivity index (χ4v) is 1.54. The fourth-order valence-electron chi connectivity index (χ4n) is 1.32. The van der Waals surface area contributed by atoms with Crippen molar-refractivity contribution in [2.45, 2.75) is 6.54 Å². The predicted molar refractivity (Wildman–Crippen MR) is 67.5 cm³/mol. The summed E-state index contributed by atoms with van der Waals surface area (Å²) in [5.74, 6) is 0.573. The first kappa shape index (κ1) is 11.0. The zero-order valence-electron chi connectivity index (χ0n) is 8.30. The highest BCUT2D eigenvalue weighted by atomic mass is 35.5. The lowest BCUT2D eigenvalue weighted by atomic mass is 10.2. The molecule has 0 bridgehead atoms. The number of hydrogen-bond donors (Lipinski definition) is 0. The number of thiocarbonyl (C=S) groups is 1. The molecular weight excluding hydrogens is 242 g/mol. The summed E-state index contributed by atoms with van der Waals surface area (Å²) in [6, 6.07) is 9.43. The van der Waals surface area contributed by atoms with Crippen LogP contribution in [-0.4, -0.2) is 14.9 Å². The molecule has 16 heavy (non-hydrogen) atoms. The molecule has 5 heteroatoms. The van der Waals surface area contributed by atoms with Gasteiger partial charge in [0.25, 0.3) is 0 Å². The minimum Gasteiger partial charge on any atom is -0.266 e. The molecule has 2 rings (SSSR count). The van der Waals surface area contributed by atoms with E-state index in [0.717, 1.165) is 10.6 Å². The summed E-state index contributed by atoms with van der Waals surface area (Å²) in [5.41, 5.74) is 1.13. The van der Waals surface area contributed by atoms with Gasteiger partial charge >= 0.3 is 0 Å². The highest BCUT2D eigenvalue weighted by Crippen LogP contribution is 2.12. The first-order chi connectivity index (χ1) is 7.78. The third-order valence-electron chi connectivity index (χ3n) is 2.04. The summed E-state index contributed by atoms with van der Waals surface area (Å²) < 4.78 is 1.79. The number of isothiocyanates is 1. The van der Waals surface area contributed by atoms with E-state index in [4.69, 9.17) is 11.6 Å². The van der Waals surface area contributed by atoms with Crippen LogP contribution in [0.4, 0.5) is 5.82 Å². The molecule has 0 amide bonds. The van der Waals surface area contributed by atoms with Gasteiger partial charge in [0.2, 0.25) is 0 Å². The molecule has 80 valence electrons. The number of nitrogens with zero attached hydrogens (tertiary/aromatic N) is 3. The number of aliphatic imine (C=N–C) groups is 1. The smallest absolute Gasteiger partial charge is 0.184 e. The van der Waals surface area contributed by atoms with Gasteiger partial charge in [-0.15, -0.1) is 0 Å². The van der Waals surface area contributed by atoms with Crippen LogP contribution in [0, 0.1) is 0 Å². The molecule has 0 fully saturated rings. The molecule has 1 aromatic carbocycles. The zero-order valence-corrected chi connectivity index (χ0v) is 9.87. The van der Waals surface area contributed by atoms with Crippen LogP contribution in [0.3, 0.4) is 0 Å². The maximum absolute atomic E-state index is 5.80. The van der Waals surface area contributed by atoms with Gasteiger partial charge in [-0.1, -0.05) is 23.7 Å². The van der Waals surface area contributed by atoms with Crippen molar-refractivity contribution < 1.29 is 0 Å². The number of aromatic nitrogens is 2. The molecule has 0 atom stereocenters. The standard InChI is InChI=1S/C11H8ClN3S/c12-10-3-1-9(2-4-10)7-15-6-5-11(14-15)13-8-16/h1-6H,7H2. The van der Waals surface area contributed by atoms with E-state index in [9.17, 15) is 0 Å². The summed E-state index contributed by atoms with van der Waals surface area (Å²) in [7, 11) is 0. The molecule has 0 spiro atoms. The van der Waals surface area contributed by atoms with Crippen LogP contribution >= 0.6 is 23.8 Å². The van der Waals surface area contributed by atoms with Crippen molar-refractivity contribution in [3.8, 4) is 0 Å². The van der Waals surface area contributed by atoms with Crippen molar-refractivity contribution in [3.05, 3.63) is 47.1 Å². The summed E-state index contributed by atoms with van der Waals surface area (Å²) in [4.78, 5) is 3.79. The normalized spacial score (nSPS) is 9.81. The summed E-state index contributed by atoms with van der Waals surface area (Å²) in [5, 5.41) is 7.22. The Morgan fingerprint density at radius 2 is 2.06 bits per heavy atom. The molecule has 0 unspecified atom stereocenters. The second-order valence-corrected chi connectivity index (χ2v) is 3.82. The van der Waals surface area contributed by atoms with Crippen molar-refractivity contribution in [2.75, 3.05) is 0 Å². The van der Waals surface area contributed by atoms with Gasteiger partial charge in [0, 0.05) is 17.3 Å². The summed E-state index contributed by atoms with van der Waals surface area (Å²) in [6.07, 6.45) is 1.85. The average Bonchev–Trinajstić information content (AvgIpc) is 2.70. The molecule has 1 heterocycles. The van der Waals surface area contributed by atoms with E-state index in [1.54, 1.807) is 10.7 Å². The third-order valence-corrected chi connectivity index (χ3v) is 2.39. The van der Waals surface area contributed by atoms with Gasteiger partial charge in [0.05, 0.1) is 11.7 Å². The maximum Gasteiger partial charge on any atom is 0.184 e. The Bertz CT molecular complexity index is 526. The molecular formula is C11H8ClN3S. The molecule has 0 aliphatic heterocycles. The van der Waals surface area contributed by atoms with E-state index >= 15 is 0 Å². The highest BCUT2D eigenvalue weighted by molar-refractivity contribution is 7.78. The molecule has 0 aliphatic carbocycles. The Morgan fingerprint density at radius 1 is 1.31 bits per heavy atom. The molecule has 3 nitrogen and oxygen atoms in total. The van der Waals surface area contributed by atoms with E-state index < -0.39 is 0 Å². The first-order valence-electron chi connectivity index (χ1n) is 4.64. The van der Waals surface area contributed by atoms with E-state index in [-0.39, 0.29) is 0 Å². The molecule has 1 aromatic heterocycles. The average molecular weight is 250 g/mol. The lowest BCUT2D eigenvalue weighted by Gasteiger charge is -2.01. The molecule has 2 aromatic rings. The fraction of sp³-hybridized carbons (Fsp3) is 0.0909. The molecule has 0 N–H and O–H groups in total. The quantitative estimate of drug-likeness (QED) is 0.617. The Hall–Kier alpha value is -1.48. The van der Waals surface area contributed by atoms with Gasteiger partial charge in [-0.2, -0.15) is 10.1 Å². The number of benzene rings is 1. The van der Waals surface area contributed by atoms with E-state index in [1.165, 1.54) is 0 Å². The second-order valence-electron chi connectivity index (χ2n) is 3.20. The zero-order chi connectivity index (χ0) is 11.4. The minimum absolute atomic E-state index is 0.573. The maximum atomic E-state index is 5.80. The van der Waals surface area contributed by atoms with E-state index in [2.05, 4.69) is 27.5 Å². The second kappa shape index (κ2) is 5.03. The van der Waals surface area contributed by atoms with Crippen LogP contribution < -0.4 is 0 Å². The third kappa shape index (κ3) is 2.76. The molecule has 0 aliphatic rings. The van der Waals surface area contributed by atoms with Crippen LogP contribution in [0.15, 0.2) is 41.5 Å². The Morgan fingerprint density at radius 3 is 2.75 bits per heavy atom. The van der Waals surface area contributed by atoms with Crippen molar-refractivity contribution in [1.82, 2.24) is 9.78 Å². The SMILES string of the molecule is S=C=Nc1ccn(Cc2ccc(Cl)cc2)n1. The van der Waals surface area contributed by atoms with Crippen molar-refractivity contribution in [2.24, 2.45) is 4.99 Å². The van der Waals surface area contributed by atoms with Gasteiger partial charge in [-0.3, -0.25) is 4.68 Å². The van der Waals surface area contributed by atoms with Gasteiger partial charge in [-0.05, 0) is 29.9 Å². The minimum atomic E-state index is 0.573. The van der Waals surface area contributed by atoms with Crippen LogP contribution in [0.5, 0.6) is 0 Å². The van der Waals surface area contributed by atoms with Crippen molar-refractivity contribution in [1.29, 1.82) is 0 Å². The topological polar surface area (TPSA) is 30.2 Å². The van der Waals surface area contributed by atoms with Gasteiger partial charge < -0.3 is 0 Å². The first-order valence-corrected chi connectivity index (χ1v) is 5.42. The van der Waals surface area contributed by atoms with Gasteiger partial charge in [0.1, 0.15) is 0 Å². The number of rotatable bonds is 3. The van der Waals surface area contributed by atoms with Gasteiger partial charge in [-0.25, -0.2) is 0 Å². The van der Waals surface area contributed by atoms with Crippen LogP contribution in [0.25, 0.3) is 0 Å². The Kier molecular flexibility index (Phi) is 3.47. The summed E-state index contributed by atoms with van der Waals surface area (Å²) in [6.45, 7) is 0.685. The number of hydrogen-bond acceptors (Lipinski definition) is 3. The van der Waals surface area contributed by atoms with Gasteiger partial charge in [0.15, 0.2) is 5.82 Å². The van der Waals surface area contributed by atoms with Crippen LogP contribution in [0.1, 0.15) is 5.56 Å². The molecule has 0 saturated heterocycles.